The lowest BCUT2D eigenvalue weighted by Crippen LogP contribution is -1.96. The number of nitrogens with two attached hydrogens (primary N) is 1. The Bertz CT molecular complexity index is 563. The third-order valence-corrected chi connectivity index (χ3v) is 2.56. The second kappa shape index (κ2) is 4.12. The molecule has 0 unspecified atom stereocenters. The molecule has 6 heteroatoms. The number of nitrogen functional groups attached to an aromatic ring is 1. The normalized spacial score (nSPS) is 10.8. The van der Waals surface area contributed by atoms with Crippen molar-refractivity contribution in [1.29, 1.82) is 0 Å². The molecule has 0 amide bonds. The van der Waals surface area contributed by atoms with Gasteiger partial charge < -0.3 is 5.73 Å². The highest BCUT2D eigenvalue weighted by molar-refractivity contribution is 5.68. The van der Waals surface area contributed by atoms with Gasteiger partial charge in [-0.05, 0) is 18.6 Å². The van der Waals surface area contributed by atoms with Crippen molar-refractivity contribution in [3.8, 4) is 11.3 Å². The molecule has 2 rings (SSSR count). The van der Waals surface area contributed by atoms with Crippen LogP contribution < -0.4 is 5.73 Å². The SMILES string of the molecule is CCc1c(N)n[nH]c1-c1ccc(F)c(F)c1F. The van der Waals surface area contributed by atoms with Gasteiger partial charge in [0, 0.05) is 11.1 Å². The Morgan fingerprint density at radius 1 is 1.24 bits per heavy atom. The molecular weight excluding hydrogens is 231 g/mol. The van der Waals surface area contributed by atoms with Gasteiger partial charge in [-0.3, -0.25) is 5.10 Å². The molecule has 17 heavy (non-hydrogen) atoms. The Morgan fingerprint density at radius 3 is 2.59 bits per heavy atom. The van der Waals surface area contributed by atoms with Crippen LogP contribution in [-0.4, -0.2) is 10.2 Å². The van der Waals surface area contributed by atoms with Crippen molar-refractivity contribution < 1.29 is 13.2 Å². The average molecular weight is 241 g/mol. The van der Waals surface area contributed by atoms with Crippen molar-refractivity contribution in [2.45, 2.75) is 13.3 Å². The molecule has 1 aromatic carbocycles. The number of hydrogen-bond acceptors (Lipinski definition) is 2. The molecule has 0 saturated carbocycles. The first-order chi connectivity index (χ1) is 8.06. The minimum atomic E-state index is -1.50. The van der Waals surface area contributed by atoms with Crippen LogP contribution in [0.5, 0.6) is 0 Å². The smallest absolute Gasteiger partial charge is 0.195 e. The third-order valence-electron chi connectivity index (χ3n) is 2.56. The fraction of sp³-hybridized carbons (Fsp3) is 0.182. The number of aromatic nitrogens is 2. The van der Waals surface area contributed by atoms with Crippen LogP contribution in [0.15, 0.2) is 12.1 Å². The van der Waals surface area contributed by atoms with E-state index in [4.69, 9.17) is 5.73 Å². The van der Waals surface area contributed by atoms with E-state index in [9.17, 15) is 13.2 Å². The van der Waals surface area contributed by atoms with Crippen molar-refractivity contribution in [3.05, 3.63) is 35.1 Å². The number of hydrogen-bond donors (Lipinski definition) is 2. The minimum Gasteiger partial charge on any atom is -0.382 e. The Kier molecular flexibility index (Phi) is 2.79. The summed E-state index contributed by atoms with van der Waals surface area (Å²) < 4.78 is 39.5. The van der Waals surface area contributed by atoms with Gasteiger partial charge in [-0.1, -0.05) is 6.92 Å². The van der Waals surface area contributed by atoms with Crippen LogP contribution in [-0.2, 0) is 6.42 Å². The van der Waals surface area contributed by atoms with Gasteiger partial charge in [0.25, 0.3) is 0 Å². The summed E-state index contributed by atoms with van der Waals surface area (Å²) in [5, 5.41) is 6.25. The van der Waals surface area contributed by atoms with E-state index >= 15 is 0 Å². The van der Waals surface area contributed by atoms with Crippen LogP contribution in [0, 0.1) is 17.5 Å². The van der Waals surface area contributed by atoms with E-state index in [1.54, 1.807) is 0 Å². The lowest BCUT2D eigenvalue weighted by molar-refractivity contribution is 0.448. The largest absolute Gasteiger partial charge is 0.382 e. The van der Waals surface area contributed by atoms with E-state index in [1.165, 1.54) is 0 Å². The molecule has 90 valence electrons. The molecule has 0 aliphatic carbocycles. The third kappa shape index (κ3) is 1.75. The predicted molar refractivity (Wildman–Crippen MR) is 57.7 cm³/mol. The Hall–Kier alpha value is -1.98. The Balaban J connectivity index is 2.65. The maximum absolute atomic E-state index is 13.6. The zero-order valence-electron chi connectivity index (χ0n) is 9.02. The number of nitrogens with one attached hydrogen (secondary N) is 1. The number of aromatic amines is 1. The molecule has 0 bridgehead atoms. The van der Waals surface area contributed by atoms with Crippen LogP contribution in [0.3, 0.4) is 0 Å². The molecule has 0 radical (unpaired) electrons. The highest BCUT2D eigenvalue weighted by Gasteiger charge is 2.19. The van der Waals surface area contributed by atoms with Gasteiger partial charge in [0.05, 0.1) is 5.69 Å². The van der Waals surface area contributed by atoms with E-state index in [1.807, 2.05) is 6.92 Å². The van der Waals surface area contributed by atoms with Crippen LogP contribution >= 0.6 is 0 Å². The van der Waals surface area contributed by atoms with Crippen LogP contribution in [0.1, 0.15) is 12.5 Å². The van der Waals surface area contributed by atoms with E-state index in [0.29, 0.717) is 12.0 Å². The van der Waals surface area contributed by atoms with Crippen LogP contribution in [0.4, 0.5) is 19.0 Å². The lowest BCUT2D eigenvalue weighted by Gasteiger charge is -2.04. The fourth-order valence-electron chi connectivity index (χ4n) is 1.68. The highest BCUT2D eigenvalue weighted by Crippen LogP contribution is 2.29. The monoisotopic (exact) mass is 241 g/mol. The summed E-state index contributed by atoms with van der Waals surface area (Å²) in [5.41, 5.74) is 6.35. The molecule has 0 aliphatic heterocycles. The van der Waals surface area contributed by atoms with Crippen molar-refractivity contribution in [2.24, 2.45) is 0 Å². The first-order valence-corrected chi connectivity index (χ1v) is 5.02. The summed E-state index contributed by atoms with van der Waals surface area (Å²) in [4.78, 5) is 0. The molecule has 1 heterocycles. The summed E-state index contributed by atoms with van der Waals surface area (Å²) in [6.07, 6.45) is 0.510. The predicted octanol–water partition coefficient (Wildman–Crippen LogP) is 2.64. The topological polar surface area (TPSA) is 54.7 Å². The summed E-state index contributed by atoms with van der Waals surface area (Å²) in [6.45, 7) is 1.81. The first-order valence-electron chi connectivity index (χ1n) is 5.02. The number of halogens is 3. The van der Waals surface area contributed by atoms with Gasteiger partial charge in [-0.2, -0.15) is 5.10 Å². The first kappa shape index (κ1) is 11.5. The van der Waals surface area contributed by atoms with Crippen molar-refractivity contribution in [2.75, 3.05) is 5.73 Å². The van der Waals surface area contributed by atoms with E-state index in [-0.39, 0.29) is 17.1 Å². The number of anilines is 1. The zero-order valence-corrected chi connectivity index (χ0v) is 9.02. The molecule has 2 aromatic rings. The maximum atomic E-state index is 13.6. The molecule has 0 aliphatic rings. The zero-order chi connectivity index (χ0) is 12.6. The summed E-state index contributed by atoms with van der Waals surface area (Å²) in [7, 11) is 0. The van der Waals surface area contributed by atoms with Gasteiger partial charge in [0.1, 0.15) is 5.82 Å². The fourth-order valence-corrected chi connectivity index (χ4v) is 1.68. The van der Waals surface area contributed by atoms with Crippen LogP contribution in [0.25, 0.3) is 11.3 Å². The summed E-state index contributed by atoms with van der Waals surface area (Å²) in [6, 6.07) is 2.02. The van der Waals surface area contributed by atoms with Crippen LogP contribution in [0.2, 0.25) is 0 Å². The Morgan fingerprint density at radius 2 is 1.94 bits per heavy atom. The number of nitrogens with zero attached hydrogens (tertiary/aromatic N) is 1. The minimum absolute atomic E-state index is 0.0787. The van der Waals surface area contributed by atoms with E-state index in [0.717, 1.165) is 12.1 Å². The molecule has 3 N–H and O–H groups in total. The lowest BCUT2D eigenvalue weighted by atomic mass is 10.0. The quantitative estimate of drug-likeness (QED) is 0.794. The summed E-state index contributed by atoms with van der Waals surface area (Å²) >= 11 is 0. The number of H-pyrrole nitrogens is 1. The van der Waals surface area contributed by atoms with Gasteiger partial charge in [0.15, 0.2) is 17.5 Å². The molecule has 3 nitrogen and oxygen atoms in total. The van der Waals surface area contributed by atoms with E-state index in [2.05, 4.69) is 10.2 Å². The Labute approximate surface area is 95.5 Å². The van der Waals surface area contributed by atoms with Crippen molar-refractivity contribution in [1.82, 2.24) is 10.2 Å². The summed E-state index contributed by atoms with van der Waals surface area (Å²) in [5.74, 6) is -3.75. The van der Waals surface area contributed by atoms with Gasteiger partial charge in [0.2, 0.25) is 0 Å². The standard InChI is InChI=1S/C11H10F3N3/c1-2-5-10(16-17-11(5)15)6-3-4-7(12)9(14)8(6)13/h3-4H,2H2,1H3,(H3,15,16,17). The number of rotatable bonds is 2. The number of benzene rings is 1. The van der Waals surface area contributed by atoms with Crippen molar-refractivity contribution >= 4 is 5.82 Å². The molecule has 0 fully saturated rings. The molecule has 0 atom stereocenters. The van der Waals surface area contributed by atoms with Crippen molar-refractivity contribution in [3.63, 3.8) is 0 Å². The second-order valence-corrected chi connectivity index (χ2v) is 3.54. The molecular formula is C11H10F3N3. The van der Waals surface area contributed by atoms with Gasteiger partial charge in [-0.15, -0.1) is 0 Å². The van der Waals surface area contributed by atoms with Gasteiger partial charge >= 0.3 is 0 Å². The molecule has 0 saturated heterocycles. The van der Waals surface area contributed by atoms with Gasteiger partial charge in [-0.25, -0.2) is 13.2 Å². The molecule has 1 aromatic heterocycles. The van der Waals surface area contributed by atoms with E-state index < -0.39 is 17.5 Å². The highest BCUT2D eigenvalue weighted by atomic mass is 19.2. The average Bonchev–Trinajstić information content (AvgIpc) is 2.67. The second-order valence-electron chi connectivity index (χ2n) is 3.54. The molecule has 0 spiro atoms. The maximum Gasteiger partial charge on any atom is 0.195 e.